The first kappa shape index (κ1) is 17.9. The molecule has 1 aliphatic heterocycles. The summed E-state index contributed by atoms with van der Waals surface area (Å²) in [6.07, 6.45) is -0.752. The quantitative estimate of drug-likeness (QED) is 0.781. The van der Waals surface area contributed by atoms with Crippen molar-refractivity contribution >= 4 is 23.9 Å². The van der Waals surface area contributed by atoms with Gasteiger partial charge in [0.2, 0.25) is 0 Å². The lowest BCUT2D eigenvalue weighted by molar-refractivity contribution is -0.199. The minimum absolute atomic E-state index is 0.0119. The lowest BCUT2D eigenvalue weighted by atomic mass is 10.1. The highest BCUT2D eigenvalue weighted by Crippen LogP contribution is 2.15. The van der Waals surface area contributed by atoms with Crippen molar-refractivity contribution in [3.05, 3.63) is 0 Å². The van der Waals surface area contributed by atoms with Crippen molar-refractivity contribution in [1.82, 2.24) is 10.4 Å². The normalized spacial score (nSPS) is 16.7. The van der Waals surface area contributed by atoms with E-state index in [0.29, 0.717) is 5.06 Å². The van der Waals surface area contributed by atoms with Crippen LogP contribution in [0.5, 0.6) is 0 Å². The van der Waals surface area contributed by atoms with Gasteiger partial charge < -0.3 is 14.9 Å². The number of ether oxygens (including phenoxy) is 1. The van der Waals surface area contributed by atoms with Crippen LogP contribution in [0.15, 0.2) is 0 Å². The summed E-state index contributed by atoms with van der Waals surface area (Å²) in [5.74, 6) is -2.34. The Balaban J connectivity index is 2.70. The fourth-order valence-electron chi connectivity index (χ4n) is 1.74. The molecule has 0 aliphatic carbocycles. The Hall–Kier alpha value is -2.12. The van der Waals surface area contributed by atoms with E-state index < -0.39 is 35.5 Å². The molecule has 1 heterocycles. The minimum Gasteiger partial charge on any atom is -0.444 e. The van der Waals surface area contributed by atoms with Gasteiger partial charge in [-0.15, -0.1) is 5.06 Å². The average Bonchev–Trinajstić information content (AvgIpc) is 2.65. The van der Waals surface area contributed by atoms with E-state index in [9.17, 15) is 19.2 Å². The molecule has 1 atom stereocenters. The molecule has 0 radical (unpaired) electrons. The first-order chi connectivity index (χ1) is 10.0. The second-order valence-electron chi connectivity index (χ2n) is 6.36. The van der Waals surface area contributed by atoms with E-state index in [-0.39, 0.29) is 18.8 Å². The van der Waals surface area contributed by atoms with Crippen LogP contribution in [0.25, 0.3) is 0 Å². The van der Waals surface area contributed by atoms with Gasteiger partial charge in [-0.1, -0.05) is 13.8 Å². The van der Waals surface area contributed by atoms with Crippen LogP contribution < -0.4 is 5.32 Å². The maximum atomic E-state index is 12.1. The topological polar surface area (TPSA) is 102 Å². The van der Waals surface area contributed by atoms with E-state index in [1.807, 2.05) is 0 Å². The second-order valence-corrected chi connectivity index (χ2v) is 6.36. The third-order valence-corrected chi connectivity index (χ3v) is 2.78. The third kappa shape index (κ3) is 5.01. The summed E-state index contributed by atoms with van der Waals surface area (Å²) in [5, 5.41) is 2.84. The van der Waals surface area contributed by atoms with Crippen molar-refractivity contribution < 1.29 is 28.8 Å². The molecule has 8 nitrogen and oxygen atoms in total. The van der Waals surface area contributed by atoms with Gasteiger partial charge in [0.05, 0.1) is 0 Å². The van der Waals surface area contributed by atoms with E-state index >= 15 is 0 Å². The number of nitrogens with zero attached hydrogens (tertiary/aromatic N) is 1. The van der Waals surface area contributed by atoms with Crippen LogP contribution in [-0.2, 0) is 24.0 Å². The fraction of sp³-hybridized carbons (Fsp3) is 0.714. The van der Waals surface area contributed by atoms with Gasteiger partial charge in [-0.05, 0) is 26.7 Å². The van der Waals surface area contributed by atoms with Crippen LogP contribution in [-0.4, -0.2) is 40.6 Å². The number of carbonyl (C=O) groups excluding carboxylic acids is 4. The Bertz CT molecular complexity index is 464. The first-order valence-corrected chi connectivity index (χ1v) is 7.08. The minimum atomic E-state index is -1.03. The van der Waals surface area contributed by atoms with Crippen LogP contribution in [0.2, 0.25) is 0 Å². The van der Waals surface area contributed by atoms with Gasteiger partial charge in [-0.25, -0.2) is 9.59 Å². The average molecular weight is 314 g/mol. The van der Waals surface area contributed by atoms with Crippen molar-refractivity contribution in [1.29, 1.82) is 0 Å². The molecule has 1 rings (SSSR count). The van der Waals surface area contributed by atoms with Gasteiger partial charge in [0.15, 0.2) is 0 Å². The van der Waals surface area contributed by atoms with Crippen molar-refractivity contribution in [3.8, 4) is 0 Å². The maximum absolute atomic E-state index is 12.1. The Morgan fingerprint density at radius 1 is 1.14 bits per heavy atom. The lowest BCUT2D eigenvalue weighted by Gasteiger charge is -2.25. The van der Waals surface area contributed by atoms with Crippen molar-refractivity contribution in [2.75, 3.05) is 0 Å². The highest BCUT2D eigenvalue weighted by atomic mass is 16.7. The molecule has 0 spiro atoms. The van der Waals surface area contributed by atoms with Gasteiger partial charge >= 0.3 is 12.1 Å². The Morgan fingerprint density at radius 2 is 1.64 bits per heavy atom. The van der Waals surface area contributed by atoms with Crippen LogP contribution in [0.1, 0.15) is 47.5 Å². The lowest BCUT2D eigenvalue weighted by Crippen LogP contribution is -2.49. The number of imide groups is 1. The molecule has 1 aliphatic rings. The molecule has 0 aromatic carbocycles. The monoisotopic (exact) mass is 314 g/mol. The van der Waals surface area contributed by atoms with Crippen LogP contribution in [0.4, 0.5) is 4.79 Å². The van der Waals surface area contributed by atoms with Gasteiger partial charge in [0, 0.05) is 12.8 Å². The highest BCUT2D eigenvalue weighted by Gasteiger charge is 2.36. The maximum Gasteiger partial charge on any atom is 0.408 e. The number of alkyl carbamates (subject to hydrolysis) is 1. The molecule has 22 heavy (non-hydrogen) atoms. The van der Waals surface area contributed by atoms with Gasteiger partial charge in [-0.2, -0.15) is 0 Å². The largest absolute Gasteiger partial charge is 0.444 e. The molecule has 0 unspecified atom stereocenters. The number of hydrogen-bond acceptors (Lipinski definition) is 6. The molecule has 8 heteroatoms. The van der Waals surface area contributed by atoms with Gasteiger partial charge in [-0.3, -0.25) is 9.59 Å². The van der Waals surface area contributed by atoms with E-state index in [2.05, 4.69) is 5.32 Å². The smallest absolute Gasteiger partial charge is 0.408 e. The Morgan fingerprint density at radius 3 is 2.05 bits per heavy atom. The van der Waals surface area contributed by atoms with E-state index in [1.54, 1.807) is 34.6 Å². The number of hydroxylamine groups is 2. The summed E-state index contributed by atoms with van der Waals surface area (Å²) < 4.78 is 5.08. The predicted octanol–water partition coefficient (Wildman–Crippen LogP) is 1.14. The number of nitrogens with one attached hydrogen (secondary N) is 1. The SMILES string of the molecule is CC(C)[C@@H](NC(=O)OC(C)(C)C)C(=O)ON1C(=O)CCC1=O. The molecule has 3 amide bonds. The summed E-state index contributed by atoms with van der Waals surface area (Å²) in [6, 6.07) is -1.03. The van der Waals surface area contributed by atoms with Crippen molar-refractivity contribution in [2.24, 2.45) is 5.92 Å². The van der Waals surface area contributed by atoms with Crippen molar-refractivity contribution in [2.45, 2.75) is 59.1 Å². The van der Waals surface area contributed by atoms with Crippen LogP contribution in [0.3, 0.4) is 0 Å². The fourth-order valence-corrected chi connectivity index (χ4v) is 1.74. The summed E-state index contributed by atoms with van der Waals surface area (Å²) in [4.78, 5) is 51.5. The molecule has 1 fully saturated rings. The van der Waals surface area contributed by atoms with Crippen molar-refractivity contribution in [3.63, 3.8) is 0 Å². The highest BCUT2D eigenvalue weighted by molar-refractivity contribution is 6.01. The molecule has 1 N–H and O–H groups in total. The predicted molar refractivity (Wildman–Crippen MR) is 75.2 cm³/mol. The zero-order chi connectivity index (χ0) is 17.1. The molecule has 0 saturated carbocycles. The number of amides is 3. The summed E-state index contributed by atoms with van der Waals surface area (Å²) >= 11 is 0. The molecule has 0 aromatic heterocycles. The van der Waals surface area contributed by atoms with E-state index in [4.69, 9.17) is 9.57 Å². The molecular formula is C14H22N2O6. The van der Waals surface area contributed by atoms with E-state index in [1.165, 1.54) is 0 Å². The van der Waals surface area contributed by atoms with Crippen LogP contribution in [0, 0.1) is 5.92 Å². The van der Waals surface area contributed by atoms with Crippen LogP contribution >= 0.6 is 0 Å². The molecule has 0 bridgehead atoms. The Kier molecular flexibility index (Phi) is 5.51. The zero-order valence-corrected chi connectivity index (χ0v) is 13.5. The van der Waals surface area contributed by atoms with E-state index in [0.717, 1.165) is 0 Å². The standard InChI is InChI=1S/C14H22N2O6/c1-8(2)11(15-13(20)21-14(3,4)5)12(19)22-16-9(17)6-7-10(16)18/h8,11H,6-7H2,1-5H3,(H,15,20)/t11-/m1/s1. The number of hydrogen-bond donors (Lipinski definition) is 1. The summed E-state index contributed by atoms with van der Waals surface area (Å²) in [6.45, 7) is 8.46. The van der Waals surface area contributed by atoms with Gasteiger partial charge in [0.25, 0.3) is 11.8 Å². The molecule has 1 saturated heterocycles. The zero-order valence-electron chi connectivity index (χ0n) is 13.5. The Labute approximate surface area is 129 Å². The molecular weight excluding hydrogens is 292 g/mol. The first-order valence-electron chi connectivity index (χ1n) is 7.08. The summed E-state index contributed by atoms with van der Waals surface area (Å²) in [5.41, 5.74) is -0.712. The molecule has 124 valence electrons. The molecule has 0 aromatic rings. The third-order valence-electron chi connectivity index (χ3n) is 2.78. The second kappa shape index (κ2) is 6.76. The number of carbonyl (C=O) groups is 4. The summed E-state index contributed by atoms with van der Waals surface area (Å²) in [7, 11) is 0. The van der Waals surface area contributed by atoms with Gasteiger partial charge in [0.1, 0.15) is 11.6 Å². The number of rotatable bonds is 4.